The van der Waals surface area contributed by atoms with Crippen LogP contribution < -0.4 is 0 Å². The van der Waals surface area contributed by atoms with Gasteiger partial charge < -0.3 is 4.42 Å². The molecular weight excluding hydrogens is 214 g/mol. The van der Waals surface area contributed by atoms with E-state index in [2.05, 4.69) is 0 Å². The molecule has 1 aliphatic rings. The molecule has 17 heavy (non-hydrogen) atoms. The molecule has 0 aliphatic heterocycles. The second-order valence-electron chi connectivity index (χ2n) is 5.05. The first-order chi connectivity index (χ1) is 8.25. The van der Waals surface area contributed by atoms with Crippen LogP contribution in [0.4, 0.5) is 0 Å². The molecule has 0 radical (unpaired) electrons. The van der Waals surface area contributed by atoms with E-state index in [0.29, 0.717) is 24.8 Å². The van der Waals surface area contributed by atoms with E-state index in [1.807, 2.05) is 24.1 Å². The van der Waals surface area contributed by atoms with Crippen molar-refractivity contribution >= 4 is 5.78 Å². The summed E-state index contributed by atoms with van der Waals surface area (Å²) in [6.07, 6.45) is 7.59. The molecule has 0 spiro atoms. The van der Waals surface area contributed by atoms with Crippen molar-refractivity contribution in [1.29, 1.82) is 0 Å². The molecule has 0 bridgehead atoms. The van der Waals surface area contributed by atoms with E-state index >= 15 is 0 Å². The Hall–Kier alpha value is -1.09. The van der Waals surface area contributed by atoms with E-state index in [4.69, 9.17) is 4.42 Å². The van der Waals surface area contributed by atoms with Crippen LogP contribution in [0.1, 0.15) is 37.9 Å². The lowest BCUT2D eigenvalue weighted by Gasteiger charge is -2.23. The minimum absolute atomic E-state index is 0.308. The van der Waals surface area contributed by atoms with E-state index < -0.39 is 0 Å². The molecule has 3 nitrogen and oxygen atoms in total. The molecule has 0 N–H and O–H groups in total. The first-order valence-corrected chi connectivity index (χ1v) is 6.49. The Morgan fingerprint density at radius 1 is 1.41 bits per heavy atom. The molecule has 94 valence electrons. The Morgan fingerprint density at radius 2 is 2.18 bits per heavy atom. The van der Waals surface area contributed by atoms with Crippen LogP contribution in [0.3, 0.4) is 0 Å². The highest BCUT2D eigenvalue weighted by atomic mass is 16.3. The third-order valence-electron chi connectivity index (χ3n) is 3.49. The van der Waals surface area contributed by atoms with Crippen LogP contribution in [-0.4, -0.2) is 24.3 Å². The van der Waals surface area contributed by atoms with E-state index in [1.54, 1.807) is 6.26 Å². The molecule has 1 aromatic rings. The summed E-state index contributed by atoms with van der Waals surface area (Å²) in [5.74, 6) is 1.63. The minimum Gasteiger partial charge on any atom is -0.468 e. The van der Waals surface area contributed by atoms with Gasteiger partial charge >= 0.3 is 0 Å². The van der Waals surface area contributed by atoms with Gasteiger partial charge in [-0.05, 0) is 32.0 Å². The summed E-state index contributed by atoms with van der Waals surface area (Å²) < 4.78 is 5.28. The zero-order valence-electron chi connectivity index (χ0n) is 10.5. The van der Waals surface area contributed by atoms with Gasteiger partial charge in [0.1, 0.15) is 11.5 Å². The molecule has 1 aliphatic carbocycles. The van der Waals surface area contributed by atoms with Crippen molar-refractivity contribution in [1.82, 2.24) is 4.90 Å². The molecule has 1 saturated carbocycles. The predicted octanol–water partition coefficient (Wildman–Crippen LogP) is 2.86. The molecule has 1 heterocycles. The Bertz CT molecular complexity index is 339. The van der Waals surface area contributed by atoms with Crippen molar-refractivity contribution in [2.24, 2.45) is 5.92 Å². The standard InChI is InChI=1S/C14H21NO2/c1-15(10-13-8-5-9-17-13)11-14(16)12-6-3-2-4-7-12/h5,8-9,12H,2-4,6-7,10-11H2,1H3. The number of carbonyl (C=O) groups excluding carboxylic acids is 1. The highest BCUT2D eigenvalue weighted by Crippen LogP contribution is 2.24. The van der Waals surface area contributed by atoms with Crippen LogP contribution in [0.25, 0.3) is 0 Å². The zero-order chi connectivity index (χ0) is 12.1. The normalized spacial score (nSPS) is 17.5. The largest absolute Gasteiger partial charge is 0.468 e. The smallest absolute Gasteiger partial charge is 0.149 e. The van der Waals surface area contributed by atoms with Gasteiger partial charge in [-0.2, -0.15) is 0 Å². The maximum atomic E-state index is 12.1. The molecule has 1 fully saturated rings. The molecule has 0 saturated heterocycles. The number of hydrogen-bond acceptors (Lipinski definition) is 3. The highest BCUT2D eigenvalue weighted by Gasteiger charge is 2.21. The highest BCUT2D eigenvalue weighted by molar-refractivity contribution is 5.82. The fraction of sp³-hybridized carbons (Fsp3) is 0.643. The van der Waals surface area contributed by atoms with Crippen molar-refractivity contribution in [2.45, 2.75) is 38.6 Å². The number of rotatable bonds is 5. The Balaban J connectivity index is 1.77. The third kappa shape index (κ3) is 3.70. The number of Topliss-reactive ketones (excluding diaryl/α,β-unsaturated/α-hetero) is 1. The number of carbonyl (C=O) groups is 1. The lowest BCUT2D eigenvalue weighted by molar-refractivity contribution is -0.124. The maximum Gasteiger partial charge on any atom is 0.149 e. The number of nitrogens with zero attached hydrogens (tertiary/aromatic N) is 1. The molecule has 3 heteroatoms. The Morgan fingerprint density at radius 3 is 2.82 bits per heavy atom. The van der Waals surface area contributed by atoms with E-state index in [0.717, 1.165) is 18.6 Å². The summed E-state index contributed by atoms with van der Waals surface area (Å²) in [7, 11) is 1.98. The average Bonchev–Trinajstić information content (AvgIpc) is 2.82. The van der Waals surface area contributed by atoms with Crippen molar-refractivity contribution < 1.29 is 9.21 Å². The molecule has 1 aromatic heterocycles. The van der Waals surface area contributed by atoms with Gasteiger partial charge in [-0.15, -0.1) is 0 Å². The fourth-order valence-corrected chi connectivity index (χ4v) is 2.54. The van der Waals surface area contributed by atoms with Gasteiger partial charge in [-0.1, -0.05) is 19.3 Å². The summed E-state index contributed by atoms with van der Waals surface area (Å²) in [6, 6.07) is 3.83. The monoisotopic (exact) mass is 235 g/mol. The summed E-state index contributed by atoms with van der Waals surface area (Å²) >= 11 is 0. The number of furan rings is 1. The second kappa shape index (κ2) is 6.01. The topological polar surface area (TPSA) is 33.5 Å². The van der Waals surface area contributed by atoms with Crippen LogP contribution in [0, 0.1) is 5.92 Å². The van der Waals surface area contributed by atoms with Gasteiger partial charge in [0.05, 0.1) is 19.4 Å². The molecule has 0 unspecified atom stereocenters. The fourth-order valence-electron chi connectivity index (χ4n) is 2.54. The summed E-state index contributed by atoms with van der Waals surface area (Å²) in [5.41, 5.74) is 0. The minimum atomic E-state index is 0.308. The number of ketones is 1. The van der Waals surface area contributed by atoms with Gasteiger partial charge in [0, 0.05) is 5.92 Å². The second-order valence-corrected chi connectivity index (χ2v) is 5.05. The van der Waals surface area contributed by atoms with Crippen LogP contribution in [-0.2, 0) is 11.3 Å². The SMILES string of the molecule is CN(CC(=O)C1CCCCC1)Cc1ccco1. The average molecular weight is 235 g/mol. The van der Waals surface area contributed by atoms with E-state index in [9.17, 15) is 4.79 Å². The first-order valence-electron chi connectivity index (χ1n) is 6.49. The van der Waals surface area contributed by atoms with Gasteiger partial charge in [0.15, 0.2) is 0 Å². The van der Waals surface area contributed by atoms with Crippen LogP contribution >= 0.6 is 0 Å². The van der Waals surface area contributed by atoms with Gasteiger partial charge in [-0.25, -0.2) is 0 Å². The quantitative estimate of drug-likeness (QED) is 0.787. The summed E-state index contributed by atoms with van der Waals surface area (Å²) in [4.78, 5) is 14.1. The third-order valence-corrected chi connectivity index (χ3v) is 3.49. The van der Waals surface area contributed by atoms with E-state index in [1.165, 1.54) is 19.3 Å². The lowest BCUT2D eigenvalue weighted by Crippen LogP contribution is -2.30. The van der Waals surface area contributed by atoms with Gasteiger partial charge in [0.25, 0.3) is 0 Å². The molecule has 0 amide bonds. The summed E-state index contributed by atoms with van der Waals surface area (Å²) in [6.45, 7) is 1.26. The number of hydrogen-bond donors (Lipinski definition) is 0. The molecule has 0 atom stereocenters. The van der Waals surface area contributed by atoms with Gasteiger partial charge in [0.2, 0.25) is 0 Å². The Labute approximate surface area is 103 Å². The molecular formula is C14H21NO2. The van der Waals surface area contributed by atoms with Gasteiger partial charge in [-0.3, -0.25) is 9.69 Å². The lowest BCUT2D eigenvalue weighted by atomic mass is 9.86. The van der Waals surface area contributed by atoms with Crippen molar-refractivity contribution in [3.05, 3.63) is 24.2 Å². The van der Waals surface area contributed by atoms with Crippen LogP contribution in [0.5, 0.6) is 0 Å². The number of likely N-dealkylation sites (N-methyl/N-ethyl adjacent to an activating group) is 1. The van der Waals surface area contributed by atoms with E-state index in [-0.39, 0.29) is 0 Å². The zero-order valence-corrected chi connectivity index (χ0v) is 10.5. The van der Waals surface area contributed by atoms with Crippen molar-refractivity contribution in [2.75, 3.05) is 13.6 Å². The van der Waals surface area contributed by atoms with Crippen LogP contribution in [0.15, 0.2) is 22.8 Å². The molecule has 0 aromatic carbocycles. The first kappa shape index (κ1) is 12.4. The predicted molar refractivity (Wildman–Crippen MR) is 66.6 cm³/mol. The summed E-state index contributed by atoms with van der Waals surface area (Å²) in [5, 5.41) is 0. The van der Waals surface area contributed by atoms with Crippen molar-refractivity contribution in [3.8, 4) is 0 Å². The maximum absolute atomic E-state index is 12.1. The molecule has 2 rings (SSSR count). The van der Waals surface area contributed by atoms with Crippen molar-refractivity contribution in [3.63, 3.8) is 0 Å². The van der Waals surface area contributed by atoms with Crippen LogP contribution in [0.2, 0.25) is 0 Å². The Kier molecular flexibility index (Phi) is 4.37.